The van der Waals surface area contributed by atoms with Gasteiger partial charge in [0.1, 0.15) is 5.01 Å². The summed E-state index contributed by atoms with van der Waals surface area (Å²) < 4.78 is 10.5. The Morgan fingerprint density at radius 2 is 2.38 bits per heavy atom. The highest BCUT2D eigenvalue weighted by atomic mass is 32.1. The largest absolute Gasteiger partial charge is 0.383 e. The van der Waals surface area contributed by atoms with E-state index in [1.165, 1.54) is 5.01 Å². The van der Waals surface area contributed by atoms with Crippen molar-refractivity contribution in [2.75, 3.05) is 33.5 Å². The number of hydrogen-bond donors (Lipinski definition) is 1. The van der Waals surface area contributed by atoms with Crippen molar-refractivity contribution in [1.29, 1.82) is 0 Å². The number of ether oxygens (including phenoxy) is 2. The molecule has 0 saturated carbocycles. The predicted octanol–water partition coefficient (Wildman–Crippen LogP) is 1.38. The maximum Gasteiger partial charge on any atom is 0.113 e. The maximum absolute atomic E-state index is 5.43. The van der Waals surface area contributed by atoms with E-state index in [9.17, 15) is 0 Å². The Morgan fingerprint density at radius 1 is 1.56 bits per heavy atom. The minimum atomic E-state index is 0.00491. The first kappa shape index (κ1) is 12.0. The highest BCUT2D eigenvalue weighted by molar-refractivity contribution is 7.09. The smallest absolute Gasteiger partial charge is 0.113 e. The normalized spacial score (nSPS) is 19.8. The molecular weight excluding hydrogens is 224 g/mol. The van der Waals surface area contributed by atoms with Gasteiger partial charge < -0.3 is 14.8 Å². The summed E-state index contributed by atoms with van der Waals surface area (Å²) in [7, 11) is 1.72. The third-order valence-corrected chi connectivity index (χ3v) is 3.93. The first-order valence-electron chi connectivity index (χ1n) is 5.59. The zero-order valence-electron chi connectivity index (χ0n) is 9.57. The molecule has 16 heavy (non-hydrogen) atoms. The van der Waals surface area contributed by atoms with Gasteiger partial charge >= 0.3 is 0 Å². The molecule has 0 unspecified atom stereocenters. The second-order valence-electron chi connectivity index (χ2n) is 3.95. The van der Waals surface area contributed by atoms with Gasteiger partial charge in [-0.25, -0.2) is 4.98 Å². The second-order valence-corrected chi connectivity index (χ2v) is 4.85. The van der Waals surface area contributed by atoms with Crippen LogP contribution in [0.15, 0.2) is 11.6 Å². The molecule has 2 rings (SSSR count). The first-order chi connectivity index (χ1) is 7.87. The van der Waals surface area contributed by atoms with Gasteiger partial charge in [0.15, 0.2) is 0 Å². The highest BCUT2D eigenvalue weighted by Crippen LogP contribution is 2.33. The molecule has 0 spiro atoms. The fraction of sp³-hybridized carbons (Fsp3) is 0.727. The Hall–Kier alpha value is -0.490. The standard InChI is InChI=1S/C11H18N2O2S/c1-14-8-4-13-11(2-6-15-7-3-11)10-12-5-9-16-10/h5,9,13H,2-4,6-8H2,1H3. The topological polar surface area (TPSA) is 43.4 Å². The zero-order chi connectivity index (χ0) is 11.3. The number of rotatable bonds is 5. The average molecular weight is 242 g/mol. The van der Waals surface area contributed by atoms with Crippen LogP contribution in [0.3, 0.4) is 0 Å². The molecule has 1 aliphatic rings. The van der Waals surface area contributed by atoms with E-state index in [4.69, 9.17) is 9.47 Å². The van der Waals surface area contributed by atoms with Gasteiger partial charge in [-0.05, 0) is 12.8 Å². The Morgan fingerprint density at radius 3 is 3.00 bits per heavy atom. The zero-order valence-corrected chi connectivity index (χ0v) is 10.4. The van der Waals surface area contributed by atoms with E-state index in [2.05, 4.69) is 10.3 Å². The van der Waals surface area contributed by atoms with Crippen molar-refractivity contribution < 1.29 is 9.47 Å². The summed E-state index contributed by atoms with van der Waals surface area (Å²) in [6.45, 7) is 3.20. The van der Waals surface area contributed by atoms with Crippen LogP contribution >= 0.6 is 11.3 Å². The molecule has 0 aliphatic carbocycles. The van der Waals surface area contributed by atoms with Crippen molar-refractivity contribution in [1.82, 2.24) is 10.3 Å². The van der Waals surface area contributed by atoms with E-state index in [1.54, 1.807) is 18.4 Å². The lowest BCUT2D eigenvalue weighted by molar-refractivity contribution is 0.0335. The van der Waals surface area contributed by atoms with Crippen LogP contribution in [0.25, 0.3) is 0 Å². The Labute approximate surface area is 100.0 Å². The lowest BCUT2D eigenvalue weighted by atomic mass is 9.90. The van der Waals surface area contributed by atoms with Gasteiger partial charge in [0.05, 0.1) is 12.1 Å². The molecule has 1 fully saturated rings. The number of thiazole rings is 1. The van der Waals surface area contributed by atoms with Crippen LogP contribution in [-0.4, -0.2) is 38.5 Å². The summed E-state index contributed by atoms with van der Waals surface area (Å²) in [6.07, 6.45) is 3.85. The Balaban J connectivity index is 2.06. The molecule has 1 aliphatic heterocycles. The molecule has 0 aromatic carbocycles. The molecule has 1 N–H and O–H groups in total. The predicted molar refractivity (Wildman–Crippen MR) is 63.7 cm³/mol. The summed E-state index contributed by atoms with van der Waals surface area (Å²) in [5.41, 5.74) is 0.00491. The maximum atomic E-state index is 5.43. The number of hydrogen-bond acceptors (Lipinski definition) is 5. The van der Waals surface area contributed by atoms with Crippen LogP contribution in [0, 0.1) is 0 Å². The third kappa shape index (κ3) is 2.60. The molecule has 0 atom stereocenters. The molecule has 5 heteroatoms. The van der Waals surface area contributed by atoms with Crippen molar-refractivity contribution in [3.8, 4) is 0 Å². The lowest BCUT2D eigenvalue weighted by Crippen LogP contribution is -2.47. The van der Waals surface area contributed by atoms with E-state index >= 15 is 0 Å². The van der Waals surface area contributed by atoms with E-state index in [0.717, 1.165) is 39.2 Å². The molecule has 0 amide bonds. The lowest BCUT2D eigenvalue weighted by Gasteiger charge is -2.36. The van der Waals surface area contributed by atoms with E-state index in [-0.39, 0.29) is 5.54 Å². The van der Waals surface area contributed by atoms with E-state index in [0.29, 0.717) is 0 Å². The average Bonchev–Trinajstić information content (AvgIpc) is 2.85. The fourth-order valence-corrected chi connectivity index (χ4v) is 2.91. The van der Waals surface area contributed by atoms with Crippen molar-refractivity contribution in [2.45, 2.75) is 18.4 Å². The van der Waals surface area contributed by atoms with Gasteiger partial charge in [0.2, 0.25) is 0 Å². The molecule has 1 aromatic heterocycles. The number of nitrogens with one attached hydrogen (secondary N) is 1. The molecule has 4 nitrogen and oxygen atoms in total. The second kappa shape index (κ2) is 5.72. The minimum Gasteiger partial charge on any atom is -0.383 e. The van der Waals surface area contributed by atoms with E-state index in [1.807, 2.05) is 11.6 Å². The van der Waals surface area contributed by atoms with E-state index < -0.39 is 0 Å². The first-order valence-corrected chi connectivity index (χ1v) is 6.47. The molecule has 2 heterocycles. The van der Waals surface area contributed by atoms with Crippen molar-refractivity contribution in [3.63, 3.8) is 0 Å². The number of nitrogens with zero attached hydrogens (tertiary/aromatic N) is 1. The SMILES string of the molecule is COCCNC1(c2nccs2)CCOCC1. The van der Waals surface area contributed by atoms with Crippen molar-refractivity contribution in [2.24, 2.45) is 0 Å². The van der Waals surface area contributed by atoms with Crippen LogP contribution in [0.4, 0.5) is 0 Å². The Kier molecular flexibility index (Phi) is 4.29. The van der Waals surface area contributed by atoms with Gasteiger partial charge in [-0.1, -0.05) is 0 Å². The summed E-state index contributed by atoms with van der Waals surface area (Å²) >= 11 is 1.72. The number of aromatic nitrogens is 1. The molecule has 0 bridgehead atoms. The molecule has 0 radical (unpaired) electrons. The molecular formula is C11H18N2O2S. The summed E-state index contributed by atoms with van der Waals surface area (Å²) in [5.74, 6) is 0. The fourth-order valence-electron chi connectivity index (χ4n) is 2.04. The van der Waals surface area contributed by atoms with Gasteiger partial charge in [0.25, 0.3) is 0 Å². The summed E-state index contributed by atoms with van der Waals surface area (Å²) in [5, 5.41) is 6.79. The Bertz CT molecular complexity index is 297. The summed E-state index contributed by atoms with van der Waals surface area (Å²) in [6, 6.07) is 0. The van der Waals surface area contributed by atoms with Crippen LogP contribution in [0.1, 0.15) is 17.8 Å². The molecule has 1 saturated heterocycles. The van der Waals surface area contributed by atoms with Gasteiger partial charge in [0, 0.05) is 38.4 Å². The monoisotopic (exact) mass is 242 g/mol. The van der Waals surface area contributed by atoms with Gasteiger partial charge in [-0.15, -0.1) is 11.3 Å². The quantitative estimate of drug-likeness (QED) is 0.792. The van der Waals surface area contributed by atoms with Crippen LogP contribution in [0.2, 0.25) is 0 Å². The van der Waals surface area contributed by atoms with Crippen LogP contribution < -0.4 is 5.32 Å². The summed E-state index contributed by atoms with van der Waals surface area (Å²) in [4.78, 5) is 4.45. The highest BCUT2D eigenvalue weighted by Gasteiger charge is 2.35. The van der Waals surface area contributed by atoms with Gasteiger partial charge in [-0.2, -0.15) is 0 Å². The van der Waals surface area contributed by atoms with Crippen LogP contribution in [-0.2, 0) is 15.0 Å². The molecule has 1 aromatic rings. The van der Waals surface area contributed by atoms with Crippen molar-refractivity contribution >= 4 is 11.3 Å². The minimum absolute atomic E-state index is 0.00491. The third-order valence-electron chi connectivity index (χ3n) is 2.96. The molecule has 90 valence electrons. The van der Waals surface area contributed by atoms with Crippen molar-refractivity contribution in [3.05, 3.63) is 16.6 Å². The number of methoxy groups -OCH3 is 1. The van der Waals surface area contributed by atoms with Gasteiger partial charge in [-0.3, -0.25) is 0 Å². The van der Waals surface area contributed by atoms with Crippen LogP contribution in [0.5, 0.6) is 0 Å².